The van der Waals surface area contributed by atoms with E-state index in [4.69, 9.17) is 5.73 Å². The summed E-state index contributed by atoms with van der Waals surface area (Å²) in [6.07, 6.45) is 4.64. The third-order valence-corrected chi connectivity index (χ3v) is 4.45. The number of carbonyl (C=O) groups is 1. The largest absolute Gasteiger partial charge is 0.398 e. The molecule has 3 nitrogen and oxygen atoms in total. The number of nitrogens with zero attached hydrogens (tertiary/aromatic N) is 1. The molecule has 0 saturated carbocycles. The third-order valence-electron chi connectivity index (χ3n) is 3.96. The van der Waals surface area contributed by atoms with Gasteiger partial charge in [-0.15, -0.1) is 0 Å². The van der Waals surface area contributed by atoms with Crippen molar-refractivity contribution in [2.24, 2.45) is 5.92 Å². The van der Waals surface area contributed by atoms with E-state index in [-0.39, 0.29) is 5.91 Å². The molecular weight excluding hydrogens is 304 g/mol. The second-order valence-electron chi connectivity index (χ2n) is 5.23. The van der Waals surface area contributed by atoms with Crippen LogP contribution >= 0.6 is 15.9 Å². The van der Waals surface area contributed by atoms with Gasteiger partial charge < -0.3 is 10.6 Å². The van der Waals surface area contributed by atoms with Crippen LogP contribution < -0.4 is 5.73 Å². The molecule has 1 aliphatic heterocycles. The van der Waals surface area contributed by atoms with Crippen LogP contribution in [-0.2, 0) is 0 Å². The minimum absolute atomic E-state index is 0.0653. The number of rotatable bonds is 2. The van der Waals surface area contributed by atoms with Crippen LogP contribution in [-0.4, -0.2) is 23.9 Å². The molecule has 1 heterocycles. The monoisotopic (exact) mass is 324 g/mol. The lowest BCUT2D eigenvalue weighted by Crippen LogP contribution is -2.32. The Bertz CT molecular complexity index is 461. The summed E-state index contributed by atoms with van der Waals surface area (Å²) in [5.74, 6) is 0.827. The molecule has 1 aromatic carbocycles. The summed E-state index contributed by atoms with van der Waals surface area (Å²) >= 11 is 3.40. The number of nitrogen functional groups attached to an aromatic ring is 1. The molecule has 2 N–H and O–H groups in total. The first kappa shape index (κ1) is 14.4. The van der Waals surface area contributed by atoms with Crippen LogP contribution in [0, 0.1) is 5.92 Å². The van der Waals surface area contributed by atoms with E-state index in [0.717, 1.165) is 36.3 Å². The van der Waals surface area contributed by atoms with Crippen LogP contribution in [0.25, 0.3) is 0 Å². The van der Waals surface area contributed by atoms with Crippen molar-refractivity contribution >= 4 is 27.5 Å². The SMILES string of the molecule is CCC1CCCN(C(=O)c2cc(Br)ccc2N)CC1. The molecule has 1 aromatic rings. The van der Waals surface area contributed by atoms with Crippen LogP contribution in [0.4, 0.5) is 5.69 Å². The van der Waals surface area contributed by atoms with Crippen molar-refractivity contribution in [3.63, 3.8) is 0 Å². The van der Waals surface area contributed by atoms with Gasteiger partial charge >= 0.3 is 0 Å². The summed E-state index contributed by atoms with van der Waals surface area (Å²) < 4.78 is 0.895. The predicted molar refractivity (Wildman–Crippen MR) is 82.1 cm³/mol. The number of nitrogens with two attached hydrogens (primary N) is 1. The van der Waals surface area contributed by atoms with Crippen molar-refractivity contribution in [1.82, 2.24) is 4.90 Å². The molecule has 1 amide bonds. The van der Waals surface area contributed by atoms with E-state index in [0.29, 0.717) is 11.3 Å². The Labute approximate surface area is 123 Å². The molecule has 19 heavy (non-hydrogen) atoms. The topological polar surface area (TPSA) is 46.3 Å². The molecule has 2 rings (SSSR count). The zero-order valence-corrected chi connectivity index (χ0v) is 12.9. The maximum atomic E-state index is 12.5. The molecule has 1 saturated heterocycles. The Kier molecular flexibility index (Phi) is 4.86. The highest BCUT2D eigenvalue weighted by Gasteiger charge is 2.22. The Morgan fingerprint density at radius 3 is 2.95 bits per heavy atom. The van der Waals surface area contributed by atoms with Gasteiger partial charge in [0.2, 0.25) is 0 Å². The highest BCUT2D eigenvalue weighted by atomic mass is 79.9. The van der Waals surface area contributed by atoms with Gasteiger partial charge in [0.25, 0.3) is 5.91 Å². The van der Waals surface area contributed by atoms with E-state index < -0.39 is 0 Å². The molecule has 4 heteroatoms. The molecule has 1 fully saturated rings. The smallest absolute Gasteiger partial charge is 0.255 e. The average Bonchev–Trinajstić information content (AvgIpc) is 2.66. The van der Waals surface area contributed by atoms with Gasteiger partial charge in [-0.2, -0.15) is 0 Å². The normalized spacial score (nSPS) is 20.1. The number of anilines is 1. The summed E-state index contributed by atoms with van der Waals surface area (Å²) in [4.78, 5) is 14.5. The van der Waals surface area contributed by atoms with E-state index in [1.54, 1.807) is 6.07 Å². The number of benzene rings is 1. The lowest BCUT2D eigenvalue weighted by Gasteiger charge is -2.21. The molecule has 1 unspecified atom stereocenters. The number of hydrogen-bond donors (Lipinski definition) is 1. The minimum Gasteiger partial charge on any atom is -0.398 e. The lowest BCUT2D eigenvalue weighted by molar-refractivity contribution is 0.0761. The summed E-state index contributed by atoms with van der Waals surface area (Å²) in [6, 6.07) is 5.46. The van der Waals surface area contributed by atoms with Gasteiger partial charge in [-0.3, -0.25) is 4.79 Å². The van der Waals surface area contributed by atoms with Crippen LogP contribution in [0.5, 0.6) is 0 Å². The Hall–Kier alpha value is -1.03. The summed E-state index contributed by atoms with van der Waals surface area (Å²) in [6.45, 7) is 3.93. The molecule has 0 spiro atoms. The van der Waals surface area contributed by atoms with E-state index in [2.05, 4.69) is 22.9 Å². The van der Waals surface area contributed by atoms with E-state index in [1.807, 2.05) is 17.0 Å². The molecular formula is C15H21BrN2O. The fourth-order valence-electron chi connectivity index (χ4n) is 2.66. The summed E-state index contributed by atoms with van der Waals surface area (Å²) in [5.41, 5.74) is 7.10. The molecule has 0 bridgehead atoms. The molecule has 0 aromatic heterocycles. The standard InChI is InChI=1S/C15H21BrN2O/c1-2-11-4-3-8-18(9-7-11)15(19)13-10-12(16)5-6-14(13)17/h5-6,10-11H,2-4,7-9,17H2,1H3. The van der Waals surface area contributed by atoms with Gasteiger partial charge in [0, 0.05) is 23.2 Å². The molecule has 1 aliphatic rings. The van der Waals surface area contributed by atoms with Crippen LogP contribution in [0.1, 0.15) is 43.0 Å². The van der Waals surface area contributed by atoms with Crippen molar-refractivity contribution in [1.29, 1.82) is 0 Å². The van der Waals surface area contributed by atoms with Crippen LogP contribution in [0.3, 0.4) is 0 Å². The van der Waals surface area contributed by atoms with E-state index in [9.17, 15) is 4.79 Å². The summed E-state index contributed by atoms with van der Waals surface area (Å²) in [7, 11) is 0. The minimum atomic E-state index is 0.0653. The fourth-order valence-corrected chi connectivity index (χ4v) is 3.02. The second kappa shape index (κ2) is 6.42. The van der Waals surface area contributed by atoms with Crippen molar-refractivity contribution in [3.8, 4) is 0 Å². The van der Waals surface area contributed by atoms with Crippen LogP contribution in [0.2, 0.25) is 0 Å². The van der Waals surface area contributed by atoms with Gasteiger partial charge in [0.05, 0.1) is 5.56 Å². The molecule has 1 atom stereocenters. The number of amides is 1. The van der Waals surface area contributed by atoms with Crippen LogP contribution in [0.15, 0.2) is 22.7 Å². The Morgan fingerprint density at radius 1 is 1.42 bits per heavy atom. The van der Waals surface area contributed by atoms with Crippen molar-refractivity contribution in [3.05, 3.63) is 28.2 Å². The maximum Gasteiger partial charge on any atom is 0.255 e. The average molecular weight is 325 g/mol. The molecule has 0 radical (unpaired) electrons. The van der Waals surface area contributed by atoms with Gasteiger partial charge in [-0.05, 0) is 43.4 Å². The van der Waals surface area contributed by atoms with Gasteiger partial charge in [0.15, 0.2) is 0 Å². The zero-order valence-electron chi connectivity index (χ0n) is 11.4. The number of carbonyl (C=O) groups excluding carboxylic acids is 1. The zero-order chi connectivity index (χ0) is 13.8. The predicted octanol–water partition coefficient (Wildman–Crippen LogP) is 3.68. The number of hydrogen-bond acceptors (Lipinski definition) is 2. The Morgan fingerprint density at radius 2 is 2.21 bits per heavy atom. The van der Waals surface area contributed by atoms with Crippen molar-refractivity contribution in [2.45, 2.75) is 32.6 Å². The first-order valence-electron chi connectivity index (χ1n) is 6.96. The molecule has 0 aliphatic carbocycles. The molecule has 104 valence electrons. The maximum absolute atomic E-state index is 12.5. The summed E-state index contributed by atoms with van der Waals surface area (Å²) in [5, 5.41) is 0. The highest BCUT2D eigenvalue weighted by molar-refractivity contribution is 9.10. The lowest BCUT2D eigenvalue weighted by atomic mass is 9.98. The van der Waals surface area contributed by atoms with E-state index >= 15 is 0 Å². The highest BCUT2D eigenvalue weighted by Crippen LogP contribution is 2.24. The van der Waals surface area contributed by atoms with Crippen molar-refractivity contribution in [2.75, 3.05) is 18.8 Å². The van der Waals surface area contributed by atoms with Gasteiger partial charge in [-0.1, -0.05) is 29.3 Å². The van der Waals surface area contributed by atoms with Crippen molar-refractivity contribution < 1.29 is 4.79 Å². The van der Waals surface area contributed by atoms with Gasteiger partial charge in [-0.25, -0.2) is 0 Å². The first-order chi connectivity index (χ1) is 9.11. The fraction of sp³-hybridized carbons (Fsp3) is 0.533. The first-order valence-corrected chi connectivity index (χ1v) is 7.75. The Balaban J connectivity index is 2.13. The second-order valence-corrected chi connectivity index (χ2v) is 6.14. The number of likely N-dealkylation sites (tertiary alicyclic amines) is 1. The van der Waals surface area contributed by atoms with E-state index in [1.165, 1.54) is 12.8 Å². The van der Waals surface area contributed by atoms with Gasteiger partial charge in [0.1, 0.15) is 0 Å². The quantitative estimate of drug-likeness (QED) is 0.843. The number of halogens is 1. The third kappa shape index (κ3) is 3.50.